The maximum atomic E-state index is 13.2. The van der Waals surface area contributed by atoms with Crippen LogP contribution in [0.25, 0.3) is 11.0 Å². The molecule has 2 aromatic carbocycles. The number of fused-ring (bicyclic) bond motifs is 1. The minimum Gasteiger partial charge on any atom is -0.493 e. The Bertz CT molecular complexity index is 1460. The highest BCUT2D eigenvalue weighted by Gasteiger charge is 2.22. The summed E-state index contributed by atoms with van der Waals surface area (Å²) in [6, 6.07) is 11.6. The average Bonchev–Trinajstić information content (AvgIpc) is 2.83. The van der Waals surface area contributed by atoms with Crippen LogP contribution in [0.4, 0.5) is 5.82 Å². The van der Waals surface area contributed by atoms with Crippen molar-refractivity contribution >= 4 is 38.5 Å². The number of sulfonamides is 1. The predicted molar refractivity (Wildman–Crippen MR) is 128 cm³/mol. The molecule has 0 atom stereocenters. The van der Waals surface area contributed by atoms with Crippen molar-refractivity contribution in [3.8, 4) is 17.4 Å². The normalized spacial score (nSPS) is 11.3. The molecule has 1 N–H and O–H groups in total. The lowest BCUT2D eigenvalue weighted by Crippen LogP contribution is -2.17. The smallest absolute Gasteiger partial charge is 0.263 e. The number of methoxy groups -OCH3 is 2. The van der Waals surface area contributed by atoms with Crippen LogP contribution in [0.5, 0.6) is 17.4 Å². The zero-order valence-electron chi connectivity index (χ0n) is 18.6. The van der Waals surface area contributed by atoms with Gasteiger partial charge in [-0.05, 0) is 48.4 Å². The number of pyridine rings is 1. The topological polar surface area (TPSA) is 113 Å². The van der Waals surface area contributed by atoms with Crippen LogP contribution >= 0.6 is 11.6 Å². The summed E-state index contributed by atoms with van der Waals surface area (Å²) in [5.74, 6) is 1.06. The molecule has 0 radical (unpaired) electrons. The van der Waals surface area contributed by atoms with Gasteiger partial charge < -0.3 is 14.2 Å². The first-order valence-electron chi connectivity index (χ1n) is 10.1. The van der Waals surface area contributed by atoms with Crippen LogP contribution in [0.15, 0.2) is 59.8 Å². The van der Waals surface area contributed by atoms with Crippen LogP contribution in [-0.2, 0) is 16.6 Å². The Hall–Kier alpha value is -3.63. The predicted octanol–water partition coefficient (Wildman–Crippen LogP) is 4.38. The summed E-state index contributed by atoms with van der Waals surface area (Å²) in [6.45, 7) is 1.71. The highest BCUT2D eigenvalue weighted by Crippen LogP contribution is 2.31. The minimum absolute atomic E-state index is 0.0109. The minimum atomic E-state index is -4.03. The molecule has 11 heteroatoms. The molecule has 176 valence electrons. The molecular formula is C23H21ClN4O5S. The van der Waals surface area contributed by atoms with Crippen molar-refractivity contribution in [1.82, 2.24) is 15.0 Å². The van der Waals surface area contributed by atoms with E-state index in [-0.39, 0.29) is 23.2 Å². The number of nitrogens with one attached hydrogen (secondary N) is 1. The number of benzene rings is 2. The molecule has 34 heavy (non-hydrogen) atoms. The Morgan fingerprint density at radius 1 is 1.00 bits per heavy atom. The van der Waals surface area contributed by atoms with E-state index in [4.69, 9.17) is 25.8 Å². The van der Waals surface area contributed by atoms with Crippen LogP contribution in [0, 0.1) is 6.92 Å². The van der Waals surface area contributed by atoms with E-state index in [1.165, 1.54) is 19.4 Å². The molecule has 2 heterocycles. The second-order valence-electron chi connectivity index (χ2n) is 7.19. The highest BCUT2D eigenvalue weighted by atomic mass is 35.5. The Balaban J connectivity index is 1.70. The van der Waals surface area contributed by atoms with Crippen molar-refractivity contribution in [2.24, 2.45) is 0 Å². The lowest BCUT2D eigenvalue weighted by Gasteiger charge is -2.15. The van der Waals surface area contributed by atoms with Crippen molar-refractivity contribution < 1.29 is 22.6 Å². The largest absolute Gasteiger partial charge is 0.493 e. The SMILES string of the molecule is COc1ccc(COc2nc3ccncc3nc2NS(=O)(=O)c2cccc(Cl)c2C)cc1OC. The number of halogens is 1. The molecule has 0 unspecified atom stereocenters. The standard InChI is InChI=1S/C23H21ClN4O5S/c1-14-16(24)5-4-6-21(14)34(29,30)28-22-23(27-17-9-10-25-12-18(17)26-22)33-13-15-7-8-19(31-2)20(11-15)32-3/h4-12H,13H2,1-3H3,(H,26,28). The Labute approximate surface area is 201 Å². The van der Waals surface area contributed by atoms with Gasteiger partial charge >= 0.3 is 0 Å². The third kappa shape index (κ3) is 4.82. The first kappa shape index (κ1) is 23.5. The molecule has 0 aliphatic heterocycles. The van der Waals surface area contributed by atoms with Gasteiger partial charge in [0.05, 0.1) is 30.8 Å². The number of rotatable bonds is 8. The summed E-state index contributed by atoms with van der Waals surface area (Å²) < 4.78 is 45.3. The van der Waals surface area contributed by atoms with E-state index in [9.17, 15) is 8.42 Å². The summed E-state index contributed by atoms with van der Waals surface area (Å²) in [5.41, 5.74) is 2.08. The van der Waals surface area contributed by atoms with E-state index in [0.717, 1.165) is 5.56 Å². The second kappa shape index (κ2) is 9.70. The number of ether oxygens (including phenoxy) is 3. The van der Waals surface area contributed by atoms with Gasteiger partial charge in [-0.3, -0.25) is 9.71 Å². The number of aromatic nitrogens is 3. The van der Waals surface area contributed by atoms with Crippen LogP contribution in [0.3, 0.4) is 0 Å². The van der Waals surface area contributed by atoms with Crippen LogP contribution in [-0.4, -0.2) is 37.6 Å². The lowest BCUT2D eigenvalue weighted by molar-refractivity contribution is 0.294. The molecular weight excluding hydrogens is 480 g/mol. The Morgan fingerprint density at radius 3 is 2.56 bits per heavy atom. The number of hydrogen-bond donors (Lipinski definition) is 1. The maximum Gasteiger partial charge on any atom is 0.263 e. The third-order valence-corrected chi connectivity index (χ3v) is 6.89. The molecule has 4 aromatic rings. The van der Waals surface area contributed by atoms with Crippen molar-refractivity contribution in [2.75, 3.05) is 18.9 Å². The molecule has 9 nitrogen and oxygen atoms in total. The van der Waals surface area contributed by atoms with Gasteiger partial charge in [0.2, 0.25) is 5.82 Å². The average molecular weight is 501 g/mol. The zero-order valence-corrected chi connectivity index (χ0v) is 20.1. The van der Waals surface area contributed by atoms with Gasteiger partial charge in [-0.1, -0.05) is 23.7 Å². The zero-order chi connectivity index (χ0) is 24.3. The van der Waals surface area contributed by atoms with Crippen LogP contribution in [0.2, 0.25) is 5.02 Å². The molecule has 2 aromatic heterocycles. The summed E-state index contributed by atoms with van der Waals surface area (Å²) in [4.78, 5) is 12.9. The van der Waals surface area contributed by atoms with Gasteiger partial charge in [0, 0.05) is 11.2 Å². The summed E-state index contributed by atoms with van der Waals surface area (Å²) in [5, 5.41) is 0.335. The summed E-state index contributed by atoms with van der Waals surface area (Å²) in [7, 11) is -0.947. The number of hydrogen-bond acceptors (Lipinski definition) is 8. The first-order valence-corrected chi connectivity index (χ1v) is 11.9. The van der Waals surface area contributed by atoms with Gasteiger partial charge in [-0.25, -0.2) is 18.4 Å². The Morgan fingerprint density at radius 2 is 1.79 bits per heavy atom. The van der Waals surface area contributed by atoms with Gasteiger partial charge in [0.25, 0.3) is 15.9 Å². The quantitative estimate of drug-likeness (QED) is 0.379. The molecule has 0 spiro atoms. The summed E-state index contributed by atoms with van der Waals surface area (Å²) in [6.07, 6.45) is 3.05. The fraction of sp³-hybridized carbons (Fsp3) is 0.174. The molecule has 0 amide bonds. The molecule has 0 aliphatic carbocycles. The van der Waals surface area contributed by atoms with E-state index >= 15 is 0 Å². The second-order valence-corrected chi connectivity index (χ2v) is 9.25. The molecule has 4 rings (SSSR count). The van der Waals surface area contributed by atoms with Crippen molar-refractivity contribution in [3.63, 3.8) is 0 Å². The van der Waals surface area contributed by atoms with Crippen molar-refractivity contribution in [1.29, 1.82) is 0 Å². The fourth-order valence-corrected chi connectivity index (χ4v) is 4.74. The number of nitrogens with zero attached hydrogens (tertiary/aromatic N) is 3. The fourth-order valence-electron chi connectivity index (χ4n) is 3.24. The van der Waals surface area contributed by atoms with Crippen molar-refractivity contribution in [3.05, 3.63) is 71.0 Å². The monoisotopic (exact) mass is 500 g/mol. The van der Waals surface area contributed by atoms with E-state index < -0.39 is 10.0 Å². The third-order valence-electron chi connectivity index (χ3n) is 5.00. The first-order chi connectivity index (χ1) is 16.3. The van der Waals surface area contributed by atoms with Gasteiger partial charge in [0.15, 0.2) is 11.5 Å². The molecule has 0 saturated heterocycles. The molecule has 0 aliphatic rings. The van der Waals surface area contributed by atoms with Gasteiger partial charge in [-0.2, -0.15) is 0 Å². The van der Waals surface area contributed by atoms with Crippen LogP contribution < -0.4 is 18.9 Å². The van der Waals surface area contributed by atoms with Crippen molar-refractivity contribution in [2.45, 2.75) is 18.4 Å². The van der Waals surface area contributed by atoms with Gasteiger partial charge in [-0.15, -0.1) is 0 Å². The lowest BCUT2D eigenvalue weighted by atomic mass is 10.2. The van der Waals surface area contributed by atoms with Gasteiger partial charge in [0.1, 0.15) is 12.1 Å². The van der Waals surface area contributed by atoms with E-state index in [1.54, 1.807) is 56.6 Å². The molecule has 0 fully saturated rings. The number of anilines is 1. The maximum absolute atomic E-state index is 13.2. The summed E-state index contributed by atoms with van der Waals surface area (Å²) >= 11 is 6.12. The van der Waals surface area contributed by atoms with E-state index in [1.807, 2.05) is 0 Å². The van der Waals surface area contributed by atoms with E-state index in [2.05, 4.69) is 19.7 Å². The Kier molecular flexibility index (Phi) is 6.71. The molecule has 0 saturated carbocycles. The molecule has 0 bridgehead atoms. The van der Waals surface area contributed by atoms with E-state index in [0.29, 0.717) is 33.1 Å². The van der Waals surface area contributed by atoms with Crippen LogP contribution in [0.1, 0.15) is 11.1 Å². The highest BCUT2D eigenvalue weighted by molar-refractivity contribution is 7.92.